The zero-order valence-corrected chi connectivity index (χ0v) is 18.8. The van der Waals surface area contributed by atoms with Gasteiger partial charge in [0.15, 0.2) is 0 Å². The summed E-state index contributed by atoms with van der Waals surface area (Å²) >= 11 is 7.77. The number of aryl methyl sites for hydroxylation is 1. The largest absolute Gasteiger partial charge is 0.459 e. The summed E-state index contributed by atoms with van der Waals surface area (Å²) in [4.78, 5) is 18.1. The predicted molar refractivity (Wildman–Crippen MR) is 123 cm³/mol. The van der Waals surface area contributed by atoms with Crippen molar-refractivity contribution >= 4 is 40.1 Å². The maximum absolute atomic E-state index is 12.3. The van der Waals surface area contributed by atoms with Gasteiger partial charge in [0.1, 0.15) is 22.6 Å². The smallest absolute Gasteiger partial charge is 0.339 e. The van der Waals surface area contributed by atoms with Crippen LogP contribution in [0.1, 0.15) is 58.8 Å². The van der Waals surface area contributed by atoms with Gasteiger partial charge >= 0.3 is 5.97 Å². The molecule has 1 aliphatic carbocycles. The summed E-state index contributed by atoms with van der Waals surface area (Å²) in [7, 11) is 0. The van der Waals surface area contributed by atoms with E-state index in [-0.39, 0.29) is 6.10 Å². The molecule has 31 heavy (non-hydrogen) atoms. The Labute approximate surface area is 189 Å². The van der Waals surface area contributed by atoms with E-state index >= 15 is 0 Å². The molecule has 5 nitrogen and oxygen atoms in total. The highest BCUT2D eigenvalue weighted by Crippen LogP contribution is 2.39. The van der Waals surface area contributed by atoms with E-state index < -0.39 is 5.97 Å². The van der Waals surface area contributed by atoms with Gasteiger partial charge in [0.2, 0.25) is 0 Å². The number of hydrogen-bond acceptors (Lipinski definition) is 6. The summed E-state index contributed by atoms with van der Waals surface area (Å²) in [6.07, 6.45) is 5.65. The van der Waals surface area contributed by atoms with Crippen molar-refractivity contribution in [2.24, 2.45) is 4.99 Å². The molecular formula is C24H21ClN2O3S. The summed E-state index contributed by atoms with van der Waals surface area (Å²) in [6, 6.07) is 11.0. The molecule has 0 amide bonds. The highest BCUT2D eigenvalue weighted by molar-refractivity contribution is 7.16. The fourth-order valence-corrected chi connectivity index (χ4v) is 4.95. The predicted octanol–water partition coefficient (Wildman–Crippen LogP) is 6.73. The van der Waals surface area contributed by atoms with Crippen LogP contribution in [0.15, 0.2) is 39.7 Å². The SMILES string of the molecule is CC(C)OC(=O)c1cc(-c2ccc(C=Nc3sc4c(c3C#N)CCCC4)o2)ccc1Cl. The Hall–Kier alpha value is -2.88. The Morgan fingerprint density at radius 3 is 2.87 bits per heavy atom. The molecule has 0 bridgehead atoms. The number of nitriles is 1. The lowest BCUT2D eigenvalue weighted by atomic mass is 9.96. The van der Waals surface area contributed by atoms with Crippen LogP contribution in [-0.4, -0.2) is 18.3 Å². The van der Waals surface area contributed by atoms with Gasteiger partial charge in [-0.15, -0.1) is 11.3 Å². The first kappa shape index (κ1) is 21.4. The number of benzene rings is 1. The molecule has 0 saturated carbocycles. The number of aliphatic imine (C=N–C) groups is 1. The lowest BCUT2D eigenvalue weighted by Crippen LogP contribution is -2.12. The first-order valence-electron chi connectivity index (χ1n) is 10.2. The van der Waals surface area contributed by atoms with Crippen LogP contribution in [0.2, 0.25) is 5.02 Å². The van der Waals surface area contributed by atoms with Crippen molar-refractivity contribution in [2.45, 2.75) is 45.6 Å². The van der Waals surface area contributed by atoms with E-state index in [0.717, 1.165) is 36.2 Å². The van der Waals surface area contributed by atoms with Crippen LogP contribution in [0, 0.1) is 11.3 Å². The first-order valence-corrected chi connectivity index (χ1v) is 11.3. The standard InChI is InChI=1S/C24H21ClN2O3S/c1-14(2)29-24(28)18-11-15(7-9-20(18)25)21-10-8-16(30-21)13-27-23-19(12-26)17-5-3-4-6-22(17)31-23/h7-11,13-14H,3-6H2,1-2H3. The molecule has 2 heterocycles. The number of nitrogens with zero attached hydrogens (tertiary/aromatic N) is 2. The van der Waals surface area contributed by atoms with Gasteiger partial charge in [-0.3, -0.25) is 0 Å². The van der Waals surface area contributed by atoms with Gasteiger partial charge in [0, 0.05) is 10.4 Å². The molecule has 4 rings (SSSR count). The van der Waals surface area contributed by atoms with Crippen LogP contribution >= 0.6 is 22.9 Å². The Bertz CT molecular complexity index is 1200. The second-order valence-corrected chi connectivity index (χ2v) is 9.10. The summed E-state index contributed by atoms with van der Waals surface area (Å²) < 4.78 is 11.2. The van der Waals surface area contributed by atoms with Crippen LogP contribution in [0.5, 0.6) is 0 Å². The van der Waals surface area contributed by atoms with Crippen molar-refractivity contribution in [3.63, 3.8) is 0 Å². The van der Waals surface area contributed by atoms with E-state index in [9.17, 15) is 10.1 Å². The Morgan fingerprint density at radius 2 is 2.10 bits per heavy atom. The minimum absolute atomic E-state index is 0.236. The van der Waals surface area contributed by atoms with Crippen molar-refractivity contribution < 1.29 is 13.9 Å². The molecule has 0 N–H and O–H groups in total. The first-order chi connectivity index (χ1) is 15.0. The molecule has 1 aromatic carbocycles. The Morgan fingerprint density at radius 1 is 1.29 bits per heavy atom. The van der Waals surface area contributed by atoms with E-state index in [1.165, 1.54) is 4.88 Å². The van der Waals surface area contributed by atoms with E-state index in [0.29, 0.717) is 33.2 Å². The molecule has 0 saturated heterocycles. The summed E-state index contributed by atoms with van der Waals surface area (Å²) in [5.74, 6) is 0.676. The topological polar surface area (TPSA) is 75.6 Å². The number of hydrogen-bond donors (Lipinski definition) is 0. The molecule has 158 valence electrons. The van der Waals surface area contributed by atoms with Crippen LogP contribution in [0.25, 0.3) is 11.3 Å². The Kier molecular flexibility index (Phi) is 6.26. The number of carbonyl (C=O) groups is 1. The molecule has 0 unspecified atom stereocenters. The lowest BCUT2D eigenvalue weighted by molar-refractivity contribution is 0.0378. The van der Waals surface area contributed by atoms with Crippen molar-refractivity contribution in [1.29, 1.82) is 5.26 Å². The third kappa shape index (κ3) is 4.58. The van der Waals surface area contributed by atoms with Crippen molar-refractivity contribution in [1.82, 2.24) is 0 Å². The molecule has 3 aromatic rings. The zero-order chi connectivity index (χ0) is 22.0. The zero-order valence-electron chi connectivity index (χ0n) is 17.3. The van der Waals surface area contributed by atoms with E-state index in [1.807, 2.05) is 6.07 Å². The maximum Gasteiger partial charge on any atom is 0.339 e. The van der Waals surface area contributed by atoms with Crippen molar-refractivity contribution in [2.75, 3.05) is 0 Å². The van der Waals surface area contributed by atoms with E-state index in [4.69, 9.17) is 20.8 Å². The minimum atomic E-state index is -0.471. The highest BCUT2D eigenvalue weighted by Gasteiger charge is 2.20. The van der Waals surface area contributed by atoms with Crippen LogP contribution in [-0.2, 0) is 17.6 Å². The minimum Gasteiger partial charge on any atom is -0.459 e. The number of carbonyl (C=O) groups excluding carboxylic acids is 1. The summed E-state index contributed by atoms with van der Waals surface area (Å²) in [5.41, 5.74) is 2.85. The molecular weight excluding hydrogens is 432 g/mol. The van der Waals surface area contributed by atoms with Crippen LogP contribution < -0.4 is 0 Å². The number of halogens is 1. The molecule has 1 aliphatic rings. The number of fused-ring (bicyclic) bond motifs is 1. The van der Waals surface area contributed by atoms with Crippen molar-refractivity contribution in [3.8, 4) is 17.4 Å². The highest BCUT2D eigenvalue weighted by atomic mass is 35.5. The molecule has 0 spiro atoms. The number of thiophene rings is 1. The van der Waals surface area contributed by atoms with E-state index in [2.05, 4.69) is 11.1 Å². The van der Waals surface area contributed by atoms with Crippen molar-refractivity contribution in [3.05, 3.63) is 62.7 Å². The summed E-state index contributed by atoms with van der Waals surface area (Å²) in [6.45, 7) is 3.57. The molecule has 0 fully saturated rings. The Balaban J connectivity index is 1.58. The third-order valence-electron chi connectivity index (χ3n) is 5.01. The average molecular weight is 453 g/mol. The summed E-state index contributed by atoms with van der Waals surface area (Å²) in [5, 5.41) is 10.6. The monoisotopic (exact) mass is 452 g/mol. The molecule has 0 radical (unpaired) electrons. The van der Waals surface area contributed by atoms with Gasteiger partial charge < -0.3 is 9.15 Å². The molecule has 0 aliphatic heterocycles. The third-order valence-corrected chi connectivity index (χ3v) is 6.54. The number of esters is 1. The normalized spacial score (nSPS) is 13.4. The van der Waals surface area contributed by atoms with Gasteiger partial charge in [-0.1, -0.05) is 11.6 Å². The van der Waals surface area contributed by atoms with Gasteiger partial charge in [-0.2, -0.15) is 5.26 Å². The second-order valence-electron chi connectivity index (χ2n) is 7.61. The average Bonchev–Trinajstić information content (AvgIpc) is 3.36. The number of rotatable bonds is 5. The molecule has 2 aromatic heterocycles. The maximum atomic E-state index is 12.3. The number of ether oxygens (including phenoxy) is 1. The quantitative estimate of drug-likeness (QED) is 0.317. The molecule has 7 heteroatoms. The van der Waals surface area contributed by atoms with Gasteiger partial charge in [0.25, 0.3) is 0 Å². The number of furan rings is 1. The second kappa shape index (κ2) is 9.09. The van der Waals surface area contributed by atoms with E-state index in [1.54, 1.807) is 55.7 Å². The fourth-order valence-electron chi connectivity index (χ4n) is 3.57. The fraction of sp³-hybridized carbons (Fsp3) is 0.292. The lowest BCUT2D eigenvalue weighted by Gasteiger charge is -2.10. The van der Waals surface area contributed by atoms with Gasteiger partial charge in [0.05, 0.1) is 28.5 Å². The van der Waals surface area contributed by atoms with Crippen LogP contribution in [0.4, 0.5) is 5.00 Å². The molecule has 0 atom stereocenters. The van der Waals surface area contributed by atoms with Gasteiger partial charge in [-0.05, 0) is 75.4 Å². The van der Waals surface area contributed by atoms with Crippen LogP contribution in [0.3, 0.4) is 0 Å². The van der Waals surface area contributed by atoms with Gasteiger partial charge in [-0.25, -0.2) is 9.79 Å².